The summed E-state index contributed by atoms with van der Waals surface area (Å²) in [5, 5.41) is 4.05. The van der Waals surface area contributed by atoms with Gasteiger partial charge in [-0.25, -0.2) is 0 Å². The Morgan fingerprint density at radius 1 is 1.56 bits per heavy atom. The molecule has 1 aromatic heterocycles. The second-order valence-electron chi connectivity index (χ2n) is 4.73. The maximum atomic E-state index is 12.2. The first-order chi connectivity index (χ1) is 8.65. The molecule has 1 aromatic rings. The predicted octanol–water partition coefficient (Wildman–Crippen LogP) is 1.82. The average Bonchev–Trinajstić information content (AvgIpc) is 2.67. The molecule has 0 amide bonds. The van der Waals surface area contributed by atoms with Crippen molar-refractivity contribution >= 4 is 5.78 Å². The lowest BCUT2D eigenvalue weighted by atomic mass is 9.78. The summed E-state index contributed by atoms with van der Waals surface area (Å²) in [6.07, 6.45) is 4.46. The summed E-state index contributed by atoms with van der Waals surface area (Å²) in [5.41, 5.74) is 0.567. The van der Waals surface area contributed by atoms with Crippen LogP contribution in [0, 0.1) is 5.92 Å². The predicted molar refractivity (Wildman–Crippen MR) is 66.8 cm³/mol. The lowest BCUT2D eigenvalue weighted by Crippen LogP contribution is -2.33. The summed E-state index contributed by atoms with van der Waals surface area (Å²) in [6.45, 7) is 2.75. The van der Waals surface area contributed by atoms with Gasteiger partial charge in [-0.3, -0.25) is 9.48 Å². The van der Waals surface area contributed by atoms with E-state index in [1.807, 2.05) is 6.92 Å². The molecular formula is C13H20N2O3. The van der Waals surface area contributed by atoms with Crippen molar-refractivity contribution in [2.45, 2.75) is 32.3 Å². The Labute approximate surface area is 107 Å². The molecule has 5 nitrogen and oxygen atoms in total. The lowest BCUT2D eigenvalue weighted by molar-refractivity contribution is -0.0246. The van der Waals surface area contributed by atoms with Crippen LogP contribution < -0.4 is 4.74 Å². The molecule has 0 radical (unpaired) electrons. The lowest BCUT2D eigenvalue weighted by Gasteiger charge is -2.34. The third-order valence-corrected chi connectivity index (χ3v) is 3.46. The number of ketones is 1. The summed E-state index contributed by atoms with van der Waals surface area (Å²) in [5.74, 6) is 1.10. The Morgan fingerprint density at radius 2 is 2.28 bits per heavy atom. The molecule has 0 atom stereocenters. The SMILES string of the molecule is CCOC1CC(CC(=O)c2c(OC)cnn2C)C1. The van der Waals surface area contributed by atoms with E-state index >= 15 is 0 Å². The Morgan fingerprint density at radius 3 is 2.89 bits per heavy atom. The minimum atomic E-state index is 0.104. The van der Waals surface area contributed by atoms with Crippen molar-refractivity contribution in [1.82, 2.24) is 9.78 Å². The second-order valence-corrected chi connectivity index (χ2v) is 4.73. The highest BCUT2D eigenvalue weighted by molar-refractivity contribution is 5.97. The van der Waals surface area contributed by atoms with Gasteiger partial charge < -0.3 is 9.47 Å². The van der Waals surface area contributed by atoms with Crippen molar-refractivity contribution in [3.8, 4) is 5.75 Å². The molecule has 1 heterocycles. The molecule has 0 aromatic carbocycles. The minimum absolute atomic E-state index is 0.104. The number of rotatable bonds is 6. The van der Waals surface area contributed by atoms with Gasteiger partial charge in [0.25, 0.3) is 0 Å². The molecule has 2 rings (SSSR count). The first-order valence-corrected chi connectivity index (χ1v) is 6.36. The van der Waals surface area contributed by atoms with Crippen LogP contribution in [0.25, 0.3) is 0 Å². The topological polar surface area (TPSA) is 53.4 Å². The third-order valence-electron chi connectivity index (χ3n) is 3.46. The van der Waals surface area contributed by atoms with E-state index in [1.54, 1.807) is 25.0 Å². The van der Waals surface area contributed by atoms with Crippen molar-refractivity contribution < 1.29 is 14.3 Å². The van der Waals surface area contributed by atoms with Gasteiger partial charge in [0, 0.05) is 20.1 Å². The standard InChI is InChI=1S/C13H20N2O3/c1-4-18-10-5-9(6-10)7-11(16)13-12(17-3)8-14-15(13)2/h8-10H,4-7H2,1-3H3. The summed E-state index contributed by atoms with van der Waals surface area (Å²) < 4.78 is 12.2. The Balaban J connectivity index is 1.91. The highest BCUT2D eigenvalue weighted by Crippen LogP contribution is 2.34. The van der Waals surface area contributed by atoms with Crippen LogP contribution in [-0.4, -0.2) is 35.4 Å². The quantitative estimate of drug-likeness (QED) is 0.725. The van der Waals surface area contributed by atoms with Crippen molar-refractivity contribution in [3.05, 3.63) is 11.9 Å². The molecule has 0 aliphatic heterocycles. The molecule has 1 saturated carbocycles. The van der Waals surface area contributed by atoms with Crippen LogP contribution in [-0.2, 0) is 11.8 Å². The first kappa shape index (κ1) is 13.1. The first-order valence-electron chi connectivity index (χ1n) is 6.36. The van der Waals surface area contributed by atoms with Crippen LogP contribution in [0.4, 0.5) is 0 Å². The molecule has 5 heteroatoms. The number of ether oxygens (including phenoxy) is 2. The molecule has 1 fully saturated rings. The fourth-order valence-corrected chi connectivity index (χ4v) is 2.46. The molecule has 18 heavy (non-hydrogen) atoms. The van der Waals surface area contributed by atoms with E-state index in [4.69, 9.17) is 9.47 Å². The van der Waals surface area contributed by atoms with E-state index in [0.717, 1.165) is 19.4 Å². The van der Waals surface area contributed by atoms with E-state index < -0.39 is 0 Å². The van der Waals surface area contributed by atoms with E-state index in [1.165, 1.54) is 0 Å². The van der Waals surface area contributed by atoms with Gasteiger partial charge in [0.05, 0.1) is 19.4 Å². The third kappa shape index (κ3) is 2.56. The fraction of sp³-hybridized carbons (Fsp3) is 0.692. The van der Waals surface area contributed by atoms with Crippen molar-refractivity contribution in [2.75, 3.05) is 13.7 Å². The highest BCUT2D eigenvalue weighted by Gasteiger charge is 2.32. The summed E-state index contributed by atoms with van der Waals surface area (Å²) in [6, 6.07) is 0. The van der Waals surface area contributed by atoms with Crippen molar-refractivity contribution in [3.63, 3.8) is 0 Å². The summed E-state index contributed by atoms with van der Waals surface area (Å²) in [4.78, 5) is 12.2. The van der Waals surface area contributed by atoms with E-state index in [-0.39, 0.29) is 5.78 Å². The normalized spacial score (nSPS) is 22.6. The van der Waals surface area contributed by atoms with Crippen LogP contribution in [0.15, 0.2) is 6.20 Å². The van der Waals surface area contributed by atoms with Gasteiger partial charge in [-0.15, -0.1) is 0 Å². The second kappa shape index (κ2) is 5.52. The Kier molecular flexibility index (Phi) is 4.01. The maximum Gasteiger partial charge on any atom is 0.184 e. The van der Waals surface area contributed by atoms with Gasteiger partial charge >= 0.3 is 0 Å². The van der Waals surface area contributed by atoms with Crippen molar-refractivity contribution in [1.29, 1.82) is 0 Å². The number of hydrogen-bond acceptors (Lipinski definition) is 4. The number of carbonyl (C=O) groups is 1. The molecular weight excluding hydrogens is 232 g/mol. The van der Waals surface area contributed by atoms with Gasteiger partial charge in [0.1, 0.15) is 5.69 Å². The van der Waals surface area contributed by atoms with Gasteiger partial charge in [0.2, 0.25) is 0 Å². The number of aryl methyl sites for hydroxylation is 1. The molecule has 1 aliphatic rings. The van der Waals surface area contributed by atoms with Crippen LogP contribution in [0.5, 0.6) is 5.75 Å². The zero-order valence-corrected chi connectivity index (χ0v) is 11.2. The number of nitrogens with zero attached hydrogens (tertiary/aromatic N) is 2. The molecule has 0 bridgehead atoms. The van der Waals surface area contributed by atoms with E-state index in [9.17, 15) is 4.79 Å². The Hall–Kier alpha value is -1.36. The molecule has 0 N–H and O–H groups in total. The maximum absolute atomic E-state index is 12.2. The number of hydrogen-bond donors (Lipinski definition) is 0. The minimum Gasteiger partial charge on any atom is -0.493 e. The fourth-order valence-electron chi connectivity index (χ4n) is 2.46. The molecule has 100 valence electrons. The molecule has 0 unspecified atom stereocenters. The van der Waals surface area contributed by atoms with Crippen LogP contribution in [0.2, 0.25) is 0 Å². The molecule has 0 saturated heterocycles. The summed E-state index contributed by atoms with van der Waals surface area (Å²) in [7, 11) is 3.32. The smallest absolute Gasteiger partial charge is 0.184 e. The van der Waals surface area contributed by atoms with Gasteiger partial charge in [-0.2, -0.15) is 5.10 Å². The number of methoxy groups -OCH3 is 1. The van der Waals surface area contributed by atoms with E-state index in [2.05, 4.69) is 5.10 Å². The van der Waals surface area contributed by atoms with Crippen LogP contribution in [0.3, 0.4) is 0 Å². The van der Waals surface area contributed by atoms with Crippen LogP contribution >= 0.6 is 0 Å². The number of aromatic nitrogens is 2. The molecule has 1 aliphatic carbocycles. The Bertz CT molecular complexity index is 422. The number of Topliss-reactive ketones (excluding diaryl/α,β-unsaturated/α-hetero) is 1. The molecule has 0 spiro atoms. The van der Waals surface area contributed by atoms with Gasteiger partial charge in [0.15, 0.2) is 11.5 Å². The largest absolute Gasteiger partial charge is 0.493 e. The van der Waals surface area contributed by atoms with Crippen LogP contribution in [0.1, 0.15) is 36.7 Å². The van der Waals surface area contributed by atoms with Gasteiger partial charge in [-0.05, 0) is 25.7 Å². The zero-order chi connectivity index (χ0) is 13.1. The summed E-state index contributed by atoms with van der Waals surface area (Å²) >= 11 is 0. The number of carbonyl (C=O) groups excluding carboxylic acids is 1. The highest BCUT2D eigenvalue weighted by atomic mass is 16.5. The van der Waals surface area contributed by atoms with E-state index in [0.29, 0.717) is 29.9 Å². The zero-order valence-electron chi connectivity index (χ0n) is 11.2. The van der Waals surface area contributed by atoms with Crippen molar-refractivity contribution in [2.24, 2.45) is 13.0 Å². The van der Waals surface area contributed by atoms with Gasteiger partial charge in [-0.1, -0.05) is 0 Å². The average molecular weight is 252 g/mol. The monoisotopic (exact) mass is 252 g/mol.